The lowest BCUT2D eigenvalue weighted by Gasteiger charge is -2.19. The first kappa shape index (κ1) is 8.84. The summed E-state index contributed by atoms with van der Waals surface area (Å²) in [5.74, 6) is 0.178. The molecule has 66 valence electrons. The van der Waals surface area contributed by atoms with Crippen molar-refractivity contribution in [1.82, 2.24) is 5.32 Å². The monoisotopic (exact) mass is 167 g/mol. The van der Waals surface area contributed by atoms with E-state index in [0.29, 0.717) is 5.76 Å². The van der Waals surface area contributed by atoms with Crippen molar-refractivity contribution in [3.05, 3.63) is 24.2 Å². The van der Waals surface area contributed by atoms with Gasteiger partial charge in [-0.15, -0.1) is 0 Å². The van der Waals surface area contributed by atoms with Crippen molar-refractivity contribution in [2.24, 2.45) is 0 Å². The molecule has 0 aliphatic rings. The highest BCUT2D eigenvalue weighted by Gasteiger charge is 2.16. The van der Waals surface area contributed by atoms with Gasteiger partial charge in [0.25, 0.3) is 5.91 Å². The van der Waals surface area contributed by atoms with Crippen molar-refractivity contribution in [2.45, 2.75) is 26.3 Å². The summed E-state index contributed by atoms with van der Waals surface area (Å²) in [7, 11) is 0. The molecule has 1 N–H and O–H groups in total. The second kappa shape index (κ2) is 3.01. The van der Waals surface area contributed by atoms with Gasteiger partial charge in [0.2, 0.25) is 0 Å². The van der Waals surface area contributed by atoms with Crippen molar-refractivity contribution < 1.29 is 9.21 Å². The third-order valence-electron chi connectivity index (χ3n) is 1.23. The molecule has 1 rings (SSSR count). The van der Waals surface area contributed by atoms with Crippen LogP contribution in [0.3, 0.4) is 0 Å². The SMILES string of the molecule is CC(C)(C)NC(=O)c1ccco1. The molecule has 0 saturated carbocycles. The van der Waals surface area contributed by atoms with Crippen LogP contribution < -0.4 is 5.32 Å². The highest BCUT2D eigenvalue weighted by molar-refractivity contribution is 5.91. The normalized spacial score (nSPS) is 11.2. The number of hydrogen-bond acceptors (Lipinski definition) is 2. The number of rotatable bonds is 1. The fourth-order valence-corrected chi connectivity index (χ4v) is 0.810. The summed E-state index contributed by atoms with van der Waals surface area (Å²) < 4.78 is 4.93. The van der Waals surface area contributed by atoms with Crippen molar-refractivity contribution in [1.29, 1.82) is 0 Å². The molecule has 0 atom stereocenters. The fraction of sp³-hybridized carbons (Fsp3) is 0.444. The molecule has 0 unspecified atom stereocenters. The maximum atomic E-state index is 11.3. The van der Waals surface area contributed by atoms with Gasteiger partial charge in [-0.2, -0.15) is 0 Å². The summed E-state index contributed by atoms with van der Waals surface area (Å²) in [5.41, 5.74) is -0.218. The fourth-order valence-electron chi connectivity index (χ4n) is 0.810. The summed E-state index contributed by atoms with van der Waals surface area (Å²) in [6, 6.07) is 3.33. The highest BCUT2D eigenvalue weighted by Crippen LogP contribution is 2.04. The minimum absolute atomic E-state index is 0.174. The molecule has 1 amide bonds. The molecule has 3 heteroatoms. The number of carbonyl (C=O) groups is 1. The van der Waals surface area contributed by atoms with Gasteiger partial charge in [-0.05, 0) is 32.9 Å². The molecule has 0 fully saturated rings. The number of furan rings is 1. The van der Waals surface area contributed by atoms with E-state index in [9.17, 15) is 4.79 Å². The molecule has 1 aromatic rings. The van der Waals surface area contributed by atoms with Crippen molar-refractivity contribution in [2.75, 3.05) is 0 Å². The summed E-state index contributed by atoms with van der Waals surface area (Å²) in [5, 5.41) is 2.79. The zero-order valence-corrected chi connectivity index (χ0v) is 7.55. The molecule has 12 heavy (non-hydrogen) atoms. The summed E-state index contributed by atoms with van der Waals surface area (Å²) in [6.45, 7) is 5.77. The molecule has 3 nitrogen and oxygen atoms in total. The van der Waals surface area contributed by atoms with E-state index in [2.05, 4.69) is 5.32 Å². The first-order valence-corrected chi connectivity index (χ1v) is 3.85. The molecular formula is C9H13NO2. The van der Waals surface area contributed by atoms with Crippen molar-refractivity contribution in [3.63, 3.8) is 0 Å². The van der Waals surface area contributed by atoms with E-state index >= 15 is 0 Å². The molecular weight excluding hydrogens is 154 g/mol. The van der Waals surface area contributed by atoms with Crippen LogP contribution in [-0.4, -0.2) is 11.4 Å². The van der Waals surface area contributed by atoms with E-state index in [1.54, 1.807) is 12.1 Å². The van der Waals surface area contributed by atoms with E-state index < -0.39 is 0 Å². The quantitative estimate of drug-likeness (QED) is 0.693. The second-order valence-corrected chi connectivity index (χ2v) is 3.68. The lowest BCUT2D eigenvalue weighted by Crippen LogP contribution is -2.40. The van der Waals surface area contributed by atoms with Crippen molar-refractivity contribution in [3.8, 4) is 0 Å². The predicted octanol–water partition coefficient (Wildman–Crippen LogP) is 1.81. The maximum absolute atomic E-state index is 11.3. The van der Waals surface area contributed by atoms with Crippen LogP contribution in [0.25, 0.3) is 0 Å². The van der Waals surface area contributed by atoms with E-state index in [0.717, 1.165) is 0 Å². The van der Waals surface area contributed by atoms with Crippen LogP contribution in [0.15, 0.2) is 22.8 Å². The Hall–Kier alpha value is -1.25. The first-order chi connectivity index (χ1) is 5.49. The van der Waals surface area contributed by atoms with Crippen LogP contribution in [0.5, 0.6) is 0 Å². The van der Waals surface area contributed by atoms with Crippen LogP contribution in [0.2, 0.25) is 0 Å². The average molecular weight is 167 g/mol. The summed E-state index contributed by atoms with van der Waals surface area (Å²) in [4.78, 5) is 11.3. The molecule has 0 saturated heterocycles. The minimum Gasteiger partial charge on any atom is -0.459 e. The molecule has 0 aliphatic heterocycles. The van der Waals surface area contributed by atoms with Crippen LogP contribution in [0, 0.1) is 0 Å². The molecule has 0 aliphatic carbocycles. The lowest BCUT2D eigenvalue weighted by molar-refractivity contribution is 0.0891. The third-order valence-corrected chi connectivity index (χ3v) is 1.23. The summed E-state index contributed by atoms with van der Waals surface area (Å²) in [6.07, 6.45) is 1.48. The van der Waals surface area contributed by atoms with Gasteiger partial charge in [0.1, 0.15) is 0 Å². The Morgan fingerprint density at radius 2 is 2.17 bits per heavy atom. The molecule has 0 spiro atoms. The van der Waals surface area contributed by atoms with E-state index in [1.807, 2.05) is 20.8 Å². The van der Waals surface area contributed by atoms with E-state index in [-0.39, 0.29) is 11.4 Å². The molecule has 0 aromatic carbocycles. The van der Waals surface area contributed by atoms with E-state index in [4.69, 9.17) is 4.42 Å². The number of amides is 1. The van der Waals surface area contributed by atoms with Gasteiger partial charge in [-0.25, -0.2) is 0 Å². The van der Waals surface area contributed by atoms with Gasteiger partial charge in [0.15, 0.2) is 5.76 Å². The average Bonchev–Trinajstić information content (AvgIpc) is 2.32. The summed E-state index contributed by atoms with van der Waals surface area (Å²) >= 11 is 0. The zero-order chi connectivity index (χ0) is 9.19. The standard InChI is InChI=1S/C9H13NO2/c1-9(2,3)10-8(11)7-5-4-6-12-7/h4-6H,1-3H3,(H,10,11). The van der Waals surface area contributed by atoms with Gasteiger partial charge in [0.05, 0.1) is 6.26 Å². The lowest BCUT2D eigenvalue weighted by atomic mass is 10.1. The maximum Gasteiger partial charge on any atom is 0.287 e. The van der Waals surface area contributed by atoms with Crippen molar-refractivity contribution >= 4 is 5.91 Å². The largest absolute Gasteiger partial charge is 0.459 e. The smallest absolute Gasteiger partial charge is 0.287 e. The van der Waals surface area contributed by atoms with Gasteiger partial charge in [-0.3, -0.25) is 4.79 Å². The Kier molecular flexibility index (Phi) is 2.22. The number of hydrogen-bond donors (Lipinski definition) is 1. The zero-order valence-electron chi connectivity index (χ0n) is 7.55. The third kappa shape index (κ3) is 2.42. The van der Waals surface area contributed by atoms with Gasteiger partial charge in [0, 0.05) is 5.54 Å². The van der Waals surface area contributed by atoms with Gasteiger partial charge >= 0.3 is 0 Å². The van der Waals surface area contributed by atoms with Crippen LogP contribution in [-0.2, 0) is 0 Å². The molecule has 1 aromatic heterocycles. The highest BCUT2D eigenvalue weighted by atomic mass is 16.3. The molecule has 0 radical (unpaired) electrons. The van der Waals surface area contributed by atoms with E-state index in [1.165, 1.54) is 6.26 Å². The molecule has 1 heterocycles. The Labute approximate surface area is 71.8 Å². The number of carbonyl (C=O) groups excluding carboxylic acids is 1. The Morgan fingerprint density at radius 1 is 1.50 bits per heavy atom. The van der Waals surface area contributed by atoms with Gasteiger partial charge in [-0.1, -0.05) is 0 Å². The van der Waals surface area contributed by atoms with Gasteiger partial charge < -0.3 is 9.73 Å². The Bertz CT molecular complexity index is 257. The second-order valence-electron chi connectivity index (χ2n) is 3.68. The minimum atomic E-state index is -0.218. The first-order valence-electron chi connectivity index (χ1n) is 3.85. The molecule has 0 bridgehead atoms. The number of nitrogens with one attached hydrogen (secondary N) is 1. The Morgan fingerprint density at radius 3 is 2.58 bits per heavy atom. The van der Waals surface area contributed by atoms with Crippen LogP contribution in [0.4, 0.5) is 0 Å². The topological polar surface area (TPSA) is 42.2 Å². The predicted molar refractivity (Wildman–Crippen MR) is 45.9 cm³/mol. The van der Waals surface area contributed by atoms with Crippen LogP contribution >= 0.6 is 0 Å². The van der Waals surface area contributed by atoms with Crippen LogP contribution in [0.1, 0.15) is 31.3 Å². The Balaban J connectivity index is 2.63.